The van der Waals surface area contributed by atoms with Crippen molar-refractivity contribution in [2.45, 2.75) is 19.4 Å². The summed E-state index contributed by atoms with van der Waals surface area (Å²) in [6, 6.07) is 8.44. The van der Waals surface area contributed by atoms with Crippen LogP contribution in [0.5, 0.6) is 0 Å². The number of carbonyl (C=O) groups excluding carboxylic acids is 1. The molecule has 0 saturated carbocycles. The normalized spacial score (nSPS) is 23.1. The molecule has 0 bridgehead atoms. The molecular formula is C14H16N4O. The summed E-state index contributed by atoms with van der Waals surface area (Å²) in [7, 11) is 0. The van der Waals surface area contributed by atoms with E-state index in [1.54, 1.807) is 12.5 Å². The number of aromatic nitrogens is 2. The Balaban J connectivity index is 1.81. The average Bonchev–Trinajstić information content (AvgIpc) is 2.93. The number of hydrogen-bond donors (Lipinski definition) is 2. The van der Waals surface area contributed by atoms with Crippen molar-refractivity contribution in [3.8, 4) is 5.69 Å². The molecule has 2 atom stereocenters. The second kappa shape index (κ2) is 4.85. The first-order chi connectivity index (χ1) is 9.24. The Hall–Kier alpha value is -2.14. The molecule has 2 aromatic rings. The lowest BCUT2D eigenvalue weighted by molar-refractivity contribution is -0.125. The lowest BCUT2D eigenvalue weighted by atomic mass is 9.91. The van der Waals surface area contributed by atoms with Crippen molar-refractivity contribution in [1.82, 2.24) is 20.4 Å². The molecule has 2 unspecified atom stereocenters. The summed E-state index contributed by atoms with van der Waals surface area (Å²) in [6.07, 6.45) is 6.00. The van der Waals surface area contributed by atoms with Crippen molar-refractivity contribution < 1.29 is 4.79 Å². The molecular weight excluding hydrogens is 240 g/mol. The highest BCUT2D eigenvalue weighted by molar-refractivity contribution is 5.76. The molecule has 1 saturated heterocycles. The van der Waals surface area contributed by atoms with Crippen LogP contribution in [0.1, 0.15) is 24.9 Å². The second-order valence-corrected chi connectivity index (χ2v) is 4.91. The molecule has 5 nitrogen and oxygen atoms in total. The monoisotopic (exact) mass is 256 g/mol. The van der Waals surface area contributed by atoms with Crippen molar-refractivity contribution in [3.05, 3.63) is 48.5 Å². The van der Waals surface area contributed by atoms with Gasteiger partial charge < -0.3 is 4.57 Å². The first kappa shape index (κ1) is 11.9. The molecule has 98 valence electrons. The predicted octanol–water partition coefficient (Wildman–Crippen LogP) is 1.57. The Morgan fingerprint density at radius 2 is 2.11 bits per heavy atom. The van der Waals surface area contributed by atoms with Crippen molar-refractivity contribution in [3.63, 3.8) is 0 Å². The first-order valence-electron chi connectivity index (χ1n) is 6.37. The van der Waals surface area contributed by atoms with Crippen LogP contribution in [0.25, 0.3) is 5.69 Å². The fourth-order valence-corrected chi connectivity index (χ4v) is 2.44. The van der Waals surface area contributed by atoms with E-state index in [1.807, 2.05) is 10.8 Å². The summed E-state index contributed by atoms with van der Waals surface area (Å²) in [5, 5.41) is 0. The van der Waals surface area contributed by atoms with Gasteiger partial charge in [0.1, 0.15) is 0 Å². The topological polar surface area (TPSA) is 59.0 Å². The van der Waals surface area contributed by atoms with E-state index in [-0.39, 0.29) is 17.9 Å². The van der Waals surface area contributed by atoms with Crippen LogP contribution in [0.15, 0.2) is 43.0 Å². The molecule has 1 aromatic carbocycles. The van der Waals surface area contributed by atoms with Gasteiger partial charge in [0.25, 0.3) is 0 Å². The van der Waals surface area contributed by atoms with Crippen LogP contribution in [-0.2, 0) is 4.79 Å². The minimum absolute atomic E-state index is 0.0544. The van der Waals surface area contributed by atoms with Gasteiger partial charge in [-0.25, -0.2) is 10.4 Å². The Kier molecular flexibility index (Phi) is 3.05. The van der Waals surface area contributed by atoms with Gasteiger partial charge in [-0.05, 0) is 23.6 Å². The number of hydrazine groups is 1. The van der Waals surface area contributed by atoms with Gasteiger partial charge in [-0.15, -0.1) is 0 Å². The maximum atomic E-state index is 11.3. The van der Waals surface area contributed by atoms with E-state index in [0.717, 1.165) is 5.69 Å². The second-order valence-electron chi connectivity index (χ2n) is 4.91. The van der Waals surface area contributed by atoms with Gasteiger partial charge in [0.2, 0.25) is 5.91 Å². The number of nitrogens with one attached hydrogen (secondary N) is 2. The lowest BCUT2D eigenvalue weighted by Crippen LogP contribution is -2.48. The largest absolute Gasteiger partial charge is 0.306 e. The zero-order valence-electron chi connectivity index (χ0n) is 10.7. The molecule has 1 amide bonds. The van der Waals surface area contributed by atoms with Crippen LogP contribution in [0.3, 0.4) is 0 Å². The zero-order chi connectivity index (χ0) is 13.2. The number of nitrogens with zero attached hydrogens (tertiary/aromatic N) is 2. The summed E-state index contributed by atoms with van der Waals surface area (Å²) in [5.41, 5.74) is 8.02. The molecule has 5 heteroatoms. The Bertz CT molecular complexity index is 562. The molecule has 19 heavy (non-hydrogen) atoms. The predicted molar refractivity (Wildman–Crippen MR) is 71.4 cm³/mol. The molecule has 0 spiro atoms. The maximum absolute atomic E-state index is 11.3. The number of carbonyl (C=O) groups is 1. The van der Waals surface area contributed by atoms with Gasteiger partial charge in [-0.1, -0.05) is 19.1 Å². The third-order valence-electron chi connectivity index (χ3n) is 3.50. The Morgan fingerprint density at radius 3 is 2.74 bits per heavy atom. The van der Waals surface area contributed by atoms with E-state index in [2.05, 4.69) is 47.0 Å². The zero-order valence-corrected chi connectivity index (χ0v) is 10.7. The van der Waals surface area contributed by atoms with Crippen molar-refractivity contribution >= 4 is 5.91 Å². The lowest BCUT2D eigenvalue weighted by Gasteiger charge is -2.30. The molecule has 1 fully saturated rings. The van der Waals surface area contributed by atoms with E-state index in [1.165, 1.54) is 5.56 Å². The molecule has 3 rings (SSSR count). The highest BCUT2D eigenvalue weighted by Crippen LogP contribution is 2.26. The standard InChI is InChI=1S/C14H16N4O/c1-10-8-13(19)16-17-14(10)11-2-4-12(5-3-11)18-7-6-15-9-18/h2-7,9-10,14,17H,8H2,1H3,(H,16,19). The van der Waals surface area contributed by atoms with E-state index in [4.69, 9.17) is 0 Å². The minimum atomic E-state index is 0.0544. The molecule has 2 heterocycles. The molecule has 1 aliphatic heterocycles. The number of rotatable bonds is 2. The molecule has 1 aliphatic rings. The van der Waals surface area contributed by atoms with Crippen LogP contribution in [-0.4, -0.2) is 15.5 Å². The van der Waals surface area contributed by atoms with Crippen molar-refractivity contribution in [1.29, 1.82) is 0 Å². The van der Waals surface area contributed by atoms with Crippen LogP contribution in [0, 0.1) is 5.92 Å². The van der Waals surface area contributed by atoms with Crippen LogP contribution in [0.2, 0.25) is 0 Å². The van der Waals surface area contributed by atoms with Gasteiger partial charge in [-0.3, -0.25) is 10.2 Å². The van der Waals surface area contributed by atoms with Crippen molar-refractivity contribution in [2.24, 2.45) is 5.92 Å². The van der Waals surface area contributed by atoms with E-state index < -0.39 is 0 Å². The third-order valence-corrected chi connectivity index (χ3v) is 3.50. The summed E-state index contributed by atoms with van der Waals surface area (Å²) in [6.45, 7) is 2.08. The minimum Gasteiger partial charge on any atom is -0.306 e. The number of imidazole rings is 1. The van der Waals surface area contributed by atoms with Crippen LogP contribution in [0.4, 0.5) is 0 Å². The Morgan fingerprint density at radius 1 is 1.32 bits per heavy atom. The SMILES string of the molecule is CC1CC(=O)NNC1c1ccc(-n2ccnc2)cc1. The van der Waals surface area contributed by atoms with Crippen LogP contribution < -0.4 is 10.9 Å². The summed E-state index contributed by atoms with van der Waals surface area (Å²) >= 11 is 0. The molecule has 1 aromatic heterocycles. The van der Waals surface area contributed by atoms with Crippen LogP contribution >= 0.6 is 0 Å². The maximum Gasteiger partial charge on any atom is 0.234 e. The third kappa shape index (κ3) is 2.37. The van der Waals surface area contributed by atoms with Crippen molar-refractivity contribution in [2.75, 3.05) is 0 Å². The quantitative estimate of drug-likeness (QED) is 0.857. The number of benzene rings is 1. The van der Waals surface area contributed by atoms with Gasteiger partial charge in [0, 0.05) is 24.5 Å². The summed E-state index contributed by atoms with van der Waals surface area (Å²) in [4.78, 5) is 15.3. The molecule has 2 N–H and O–H groups in total. The highest BCUT2D eigenvalue weighted by atomic mass is 16.2. The smallest absolute Gasteiger partial charge is 0.234 e. The summed E-state index contributed by atoms with van der Waals surface area (Å²) < 4.78 is 1.96. The van der Waals surface area contributed by atoms with E-state index in [9.17, 15) is 4.79 Å². The van der Waals surface area contributed by atoms with Gasteiger partial charge >= 0.3 is 0 Å². The number of amides is 1. The van der Waals surface area contributed by atoms with Gasteiger partial charge in [0.05, 0.1) is 12.4 Å². The van der Waals surface area contributed by atoms with E-state index >= 15 is 0 Å². The fourth-order valence-electron chi connectivity index (χ4n) is 2.44. The number of hydrogen-bond acceptors (Lipinski definition) is 3. The average molecular weight is 256 g/mol. The van der Waals surface area contributed by atoms with E-state index in [0.29, 0.717) is 6.42 Å². The Labute approximate surface area is 111 Å². The summed E-state index contributed by atoms with van der Waals surface area (Å²) in [5.74, 6) is 0.339. The van der Waals surface area contributed by atoms with Gasteiger partial charge in [0.15, 0.2) is 0 Å². The molecule has 0 radical (unpaired) electrons. The first-order valence-corrected chi connectivity index (χ1v) is 6.37. The molecule has 0 aliphatic carbocycles. The fraction of sp³-hybridized carbons (Fsp3) is 0.286. The van der Waals surface area contributed by atoms with Gasteiger partial charge in [-0.2, -0.15) is 0 Å². The highest BCUT2D eigenvalue weighted by Gasteiger charge is 2.26.